The zero-order chi connectivity index (χ0) is 18.8. The van der Waals surface area contributed by atoms with Gasteiger partial charge in [0.1, 0.15) is 11.6 Å². The first-order valence-electron chi connectivity index (χ1n) is 8.50. The van der Waals surface area contributed by atoms with Crippen molar-refractivity contribution < 1.29 is 13.5 Å². The molecule has 140 valence electrons. The number of ether oxygens (including phenoxy) is 1. The lowest BCUT2D eigenvalue weighted by atomic mass is 9.94. The monoisotopic (exact) mass is 363 g/mol. The van der Waals surface area contributed by atoms with Gasteiger partial charge in [-0.3, -0.25) is 9.67 Å². The summed E-state index contributed by atoms with van der Waals surface area (Å²) in [6.45, 7) is 5.05. The summed E-state index contributed by atoms with van der Waals surface area (Å²) in [5.41, 5.74) is 8.91. The number of anilines is 1. The molecule has 26 heavy (non-hydrogen) atoms. The van der Waals surface area contributed by atoms with Crippen molar-refractivity contribution >= 4 is 11.6 Å². The Morgan fingerprint density at radius 2 is 2.19 bits per heavy atom. The maximum absolute atomic E-state index is 13.7. The molecule has 1 aliphatic heterocycles. The molecular formula is C18H23F2N5O. The number of guanidine groups is 1. The van der Waals surface area contributed by atoms with Gasteiger partial charge in [0.05, 0.1) is 17.5 Å². The molecule has 1 fully saturated rings. The van der Waals surface area contributed by atoms with Crippen molar-refractivity contribution in [2.24, 2.45) is 23.7 Å². The highest BCUT2D eigenvalue weighted by atomic mass is 19.1. The van der Waals surface area contributed by atoms with E-state index in [2.05, 4.69) is 15.4 Å². The molecule has 3 N–H and O–H groups in total. The van der Waals surface area contributed by atoms with Crippen LogP contribution >= 0.6 is 0 Å². The average Bonchev–Trinajstić information content (AvgIpc) is 3.13. The molecule has 2 atom stereocenters. The molecule has 3 rings (SSSR count). The summed E-state index contributed by atoms with van der Waals surface area (Å²) in [5.74, 6) is -0.948. The molecule has 2 aromatic rings. The van der Waals surface area contributed by atoms with Crippen LogP contribution in [0.2, 0.25) is 0 Å². The molecule has 8 heteroatoms. The SMILES string of the molecule is Cc1nn(C)c(C)c1[C@@H]1OCC[C@H]1CN=C(N)Nc1cc(F)ccc1F. The summed E-state index contributed by atoms with van der Waals surface area (Å²) in [6, 6.07) is 3.13. The number of hydrogen-bond acceptors (Lipinski definition) is 3. The molecule has 2 heterocycles. The number of aryl methyl sites for hydroxylation is 2. The highest BCUT2D eigenvalue weighted by molar-refractivity contribution is 5.92. The summed E-state index contributed by atoms with van der Waals surface area (Å²) < 4.78 is 34.7. The number of halogens is 2. The van der Waals surface area contributed by atoms with Gasteiger partial charge in [0.2, 0.25) is 0 Å². The van der Waals surface area contributed by atoms with Crippen molar-refractivity contribution in [3.05, 3.63) is 46.8 Å². The second kappa shape index (κ2) is 7.41. The molecular weight excluding hydrogens is 340 g/mol. The zero-order valence-corrected chi connectivity index (χ0v) is 15.1. The molecule has 1 aromatic carbocycles. The second-order valence-corrected chi connectivity index (χ2v) is 6.52. The fourth-order valence-electron chi connectivity index (χ4n) is 3.33. The van der Waals surface area contributed by atoms with Gasteiger partial charge in [-0.25, -0.2) is 8.78 Å². The van der Waals surface area contributed by atoms with Gasteiger partial charge in [0.15, 0.2) is 5.96 Å². The van der Waals surface area contributed by atoms with Gasteiger partial charge in [0.25, 0.3) is 0 Å². The minimum atomic E-state index is -0.590. The van der Waals surface area contributed by atoms with Crippen molar-refractivity contribution in [2.45, 2.75) is 26.4 Å². The number of nitrogens with one attached hydrogen (secondary N) is 1. The molecule has 1 aliphatic rings. The first-order chi connectivity index (χ1) is 12.4. The van der Waals surface area contributed by atoms with Gasteiger partial charge in [0, 0.05) is 43.4 Å². The van der Waals surface area contributed by atoms with E-state index in [0.29, 0.717) is 13.2 Å². The Morgan fingerprint density at radius 3 is 2.88 bits per heavy atom. The molecule has 0 spiro atoms. The van der Waals surface area contributed by atoms with Gasteiger partial charge in [-0.05, 0) is 32.4 Å². The maximum atomic E-state index is 13.7. The van der Waals surface area contributed by atoms with Crippen LogP contribution in [0.15, 0.2) is 23.2 Å². The van der Waals surface area contributed by atoms with E-state index in [4.69, 9.17) is 10.5 Å². The van der Waals surface area contributed by atoms with Crippen molar-refractivity contribution in [3.63, 3.8) is 0 Å². The number of hydrogen-bond donors (Lipinski definition) is 2. The Morgan fingerprint density at radius 1 is 1.42 bits per heavy atom. The van der Waals surface area contributed by atoms with E-state index in [9.17, 15) is 8.78 Å². The van der Waals surface area contributed by atoms with Crippen LogP contribution in [-0.4, -0.2) is 28.9 Å². The average molecular weight is 363 g/mol. The number of aliphatic imine (C=N–C) groups is 1. The minimum Gasteiger partial charge on any atom is -0.373 e. The standard InChI is InChI=1S/C18H23F2N5O/c1-10-16(11(2)25(3)24-10)17-12(6-7-26-17)9-22-18(21)23-15-8-13(19)4-5-14(15)20/h4-5,8,12,17H,6-7,9H2,1-3H3,(H3,21,22,23)/t12-,17+/m0/s1. The quantitative estimate of drug-likeness (QED) is 0.647. The number of aromatic nitrogens is 2. The predicted molar refractivity (Wildman–Crippen MR) is 96.0 cm³/mol. The minimum absolute atomic E-state index is 0.0376. The summed E-state index contributed by atoms with van der Waals surface area (Å²) in [4.78, 5) is 4.30. The lowest BCUT2D eigenvalue weighted by Crippen LogP contribution is -2.25. The van der Waals surface area contributed by atoms with Crippen LogP contribution in [0.4, 0.5) is 14.5 Å². The van der Waals surface area contributed by atoms with Gasteiger partial charge in [-0.15, -0.1) is 0 Å². The number of rotatable bonds is 4. The van der Waals surface area contributed by atoms with Crippen LogP contribution in [-0.2, 0) is 11.8 Å². The third-order valence-corrected chi connectivity index (χ3v) is 4.75. The molecule has 0 unspecified atom stereocenters. The Hall–Kier alpha value is -2.48. The van der Waals surface area contributed by atoms with E-state index in [1.54, 1.807) is 0 Å². The molecule has 1 saturated heterocycles. The normalized spacial score (nSPS) is 20.6. The van der Waals surface area contributed by atoms with Crippen molar-refractivity contribution in [3.8, 4) is 0 Å². The molecule has 0 radical (unpaired) electrons. The Kier molecular flexibility index (Phi) is 5.22. The van der Waals surface area contributed by atoms with E-state index >= 15 is 0 Å². The van der Waals surface area contributed by atoms with E-state index in [-0.39, 0.29) is 23.7 Å². The van der Waals surface area contributed by atoms with Crippen molar-refractivity contribution in [2.75, 3.05) is 18.5 Å². The van der Waals surface area contributed by atoms with E-state index in [1.807, 2.05) is 25.6 Å². The lowest BCUT2D eigenvalue weighted by Gasteiger charge is -2.18. The maximum Gasteiger partial charge on any atom is 0.193 e. The van der Waals surface area contributed by atoms with Gasteiger partial charge in [-0.1, -0.05) is 0 Å². The largest absolute Gasteiger partial charge is 0.373 e. The second-order valence-electron chi connectivity index (χ2n) is 6.52. The lowest BCUT2D eigenvalue weighted by molar-refractivity contribution is 0.0915. The summed E-state index contributed by atoms with van der Waals surface area (Å²) in [5, 5.41) is 7.06. The first-order valence-corrected chi connectivity index (χ1v) is 8.50. The number of benzene rings is 1. The highest BCUT2D eigenvalue weighted by Gasteiger charge is 2.33. The van der Waals surface area contributed by atoms with Gasteiger partial charge < -0.3 is 15.8 Å². The number of nitrogens with zero attached hydrogens (tertiary/aromatic N) is 3. The fourth-order valence-corrected chi connectivity index (χ4v) is 3.33. The van der Waals surface area contributed by atoms with Crippen LogP contribution in [0, 0.1) is 31.4 Å². The van der Waals surface area contributed by atoms with Crippen molar-refractivity contribution in [1.82, 2.24) is 9.78 Å². The molecule has 0 saturated carbocycles. The number of nitrogens with two attached hydrogens (primary N) is 1. The van der Waals surface area contributed by atoms with Crippen LogP contribution in [0.3, 0.4) is 0 Å². The molecule has 0 amide bonds. The van der Waals surface area contributed by atoms with Crippen LogP contribution in [0.1, 0.15) is 29.5 Å². The third-order valence-electron chi connectivity index (χ3n) is 4.75. The first kappa shape index (κ1) is 18.3. The summed E-state index contributed by atoms with van der Waals surface area (Å²) in [6.07, 6.45) is 0.759. The highest BCUT2D eigenvalue weighted by Crippen LogP contribution is 2.37. The van der Waals surface area contributed by atoms with E-state index < -0.39 is 11.6 Å². The predicted octanol–water partition coefficient (Wildman–Crippen LogP) is 2.82. The fraction of sp³-hybridized carbons (Fsp3) is 0.444. The molecule has 0 bridgehead atoms. The van der Waals surface area contributed by atoms with Crippen LogP contribution < -0.4 is 11.1 Å². The zero-order valence-electron chi connectivity index (χ0n) is 15.1. The van der Waals surface area contributed by atoms with Crippen LogP contribution in [0.5, 0.6) is 0 Å². The third kappa shape index (κ3) is 3.70. The van der Waals surface area contributed by atoms with Gasteiger partial charge in [-0.2, -0.15) is 5.10 Å². The van der Waals surface area contributed by atoms with Crippen molar-refractivity contribution in [1.29, 1.82) is 0 Å². The Balaban J connectivity index is 1.71. The topological polar surface area (TPSA) is 77.5 Å². The summed E-state index contributed by atoms with van der Waals surface area (Å²) >= 11 is 0. The van der Waals surface area contributed by atoms with E-state index in [0.717, 1.165) is 41.6 Å². The van der Waals surface area contributed by atoms with Crippen LogP contribution in [0.25, 0.3) is 0 Å². The molecule has 6 nitrogen and oxygen atoms in total. The Labute approximate surface area is 151 Å². The summed E-state index contributed by atoms with van der Waals surface area (Å²) in [7, 11) is 1.91. The smallest absolute Gasteiger partial charge is 0.193 e. The Bertz CT molecular complexity index is 833. The van der Waals surface area contributed by atoms with Gasteiger partial charge >= 0.3 is 0 Å². The van der Waals surface area contributed by atoms with E-state index in [1.165, 1.54) is 0 Å². The molecule has 0 aliphatic carbocycles. The molecule has 1 aromatic heterocycles.